The number of amides is 1. The predicted octanol–water partition coefficient (Wildman–Crippen LogP) is 6.50. The number of fused-ring (bicyclic) bond motifs is 2. The SMILES string of the molecule is COCOc1cc(OCCN(Cc2nccn2C(=O)OC(C)(C)C)C(=O)OC(C)(C)C)cc2c1C(=O)O[C@@H](C)[C@H](C)/C=C\C(O)C1OC(C)(C)OC1CC=C2. The van der Waals surface area contributed by atoms with Crippen LogP contribution in [0.1, 0.15) is 97.4 Å². The van der Waals surface area contributed by atoms with Gasteiger partial charge in [-0.15, -0.1) is 0 Å². The van der Waals surface area contributed by atoms with Gasteiger partial charge in [-0.1, -0.05) is 31.2 Å². The third-order valence-electron chi connectivity index (χ3n) is 8.43. The van der Waals surface area contributed by atoms with Gasteiger partial charge in [0.25, 0.3) is 0 Å². The second-order valence-electron chi connectivity index (χ2n) is 16.0. The van der Waals surface area contributed by atoms with Crippen LogP contribution < -0.4 is 9.47 Å². The lowest BCUT2D eigenvalue weighted by atomic mass is 9.99. The number of imidazole rings is 1. The van der Waals surface area contributed by atoms with E-state index in [-0.39, 0.29) is 49.5 Å². The van der Waals surface area contributed by atoms with Crippen molar-refractivity contribution in [2.24, 2.45) is 5.92 Å². The molecule has 15 heteroatoms. The molecular formula is C40H57N3O12. The summed E-state index contributed by atoms with van der Waals surface area (Å²) in [5.74, 6) is -1.05. The highest BCUT2D eigenvalue weighted by Crippen LogP contribution is 2.35. The first kappa shape index (κ1) is 43.3. The summed E-state index contributed by atoms with van der Waals surface area (Å²) in [5.41, 5.74) is -0.957. The van der Waals surface area contributed by atoms with Crippen molar-refractivity contribution in [1.82, 2.24) is 14.5 Å². The minimum absolute atomic E-state index is 0.0220. The molecule has 1 N–H and O–H groups in total. The lowest BCUT2D eigenvalue weighted by Crippen LogP contribution is -2.39. The standard InChI is InChI=1S/C40H57N3O12/c1-25-15-16-29(44)34-30(52-40(9,10)53-34)14-12-13-27-21-28(22-31(50-24-48-11)33(27)35(45)51-26(25)2)49-20-19-42(36(46)54-38(3,4)5)23-32-41-17-18-43(32)37(47)55-39(6,7)8/h12-13,15-18,21-22,25-26,29-30,34,44H,14,19-20,23-24H2,1-11H3/b13-12?,16-15-/t25-,26+,29?,30?,34?/m1/s1. The number of nitrogens with zero attached hydrogens (tertiary/aromatic N) is 3. The quantitative estimate of drug-likeness (QED) is 0.127. The fourth-order valence-corrected chi connectivity index (χ4v) is 5.77. The second kappa shape index (κ2) is 18.0. The van der Waals surface area contributed by atoms with Gasteiger partial charge < -0.3 is 43.0 Å². The van der Waals surface area contributed by atoms with Crippen LogP contribution in [0.2, 0.25) is 0 Å². The molecule has 0 saturated carbocycles. The molecule has 4 rings (SSSR count). The number of hydrogen-bond acceptors (Lipinski definition) is 13. The Hall–Kier alpha value is -4.44. The number of aromatic nitrogens is 2. The zero-order valence-corrected chi connectivity index (χ0v) is 33.8. The average molecular weight is 772 g/mol. The van der Waals surface area contributed by atoms with Crippen molar-refractivity contribution in [1.29, 1.82) is 0 Å². The Kier molecular flexibility index (Phi) is 14.2. The molecule has 1 aromatic carbocycles. The Morgan fingerprint density at radius 3 is 2.42 bits per heavy atom. The maximum absolute atomic E-state index is 13.8. The van der Waals surface area contributed by atoms with E-state index in [1.807, 2.05) is 13.0 Å². The number of aliphatic hydroxyl groups excluding tert-OH is 1. The van der Waals surface area contributed by atoms with Gasteiger partial charge in [0.15, 0.2) is 12.6 Å². The summed E-state index contributed by atoms with van der Waals surface area (Å²) in [7, 11) is 1.46. The fourth-order valence-electron chi connectivity index (χ4n) is 5.77. The number of carbonyl (C=O) groups is 3. The molecule has 3 unspecified atom stereocenters. The molecule has 5 atom stereocenters. The first-order valence-electron chi connectivity index (χ1n) is 18.4. The van der Waals surface area contributed by atoms with Gasteiger partial charge in [-0.25, -0.2) is 23.9 Å². The van der Waals surface area contributed by atoms with Gasteiger partial charge in [-0.3, -0.25) is 4.90 Å². The summed E-state index contributed by atoms with van der Waals surface area (Å²) in [4.78, 5) is 45.8. The Bertz CT molecular complexity index is 1700. The maximum atomic E-state index is 13.8. The number of benzene rings is 1. The summed E-state index contributed by atoms with van der Waals surface area (Å²) in [5, 5.41) is 11.0. The topological polar surface area (TPSA) is 166 Å². The van der Waals surface area contributed by atoms with Crippen LogP contribution in [0, 0.1) is 5.92 Å². The van der Waals surface area contributed by atoms with Crippen molar-refractivity contribution in [2.75, 3.05) is 27.1 Å². The number of methoxy groups -OCH3 is 1. The zero-order valence-electron chi connectivity index (χ0n) is 33.8. The number of hydrogen-bond donors (Lipinski definition) is 1. The molecular weight excluding hydrogens is 714 g/mol. The number of carbonyl (C=O) groups excluding carboxylic acids is 3. The van der Waals surface area contributed by atoms with Crippen molar-refractivity contribution in [3.8, 4) is 11.5 Å². The Balaban J connectivity index is 1.65. The lowest BCUT2D eigenvalue weighted by molar-refractivity contribution is -0.152. The van der Waals surface area contributed by atoms with E-state index in [9.17, 15) is 19.5 Å². The van der Waals surface area contributed by atoms with E-state index < -0.39 is 59.6 Å². The largest absolute Gasteiger partial charge is 0.492 e. The normalized spacial score (nSPS) is 23.4. The summed E-state index contributed by atoms with van der Waals surface area (Å²) in [6.07, 6.45) is 6.36. The highest BCUT2D eigenvalue weighted by atomic mass is 16.8. The maximum Gasteiger partial charge on any atom is 0.420 e. The number of cyclic esters (lactones) is 1. The van der Waals surface area contributed by atoms with Gasteiger partial charge in [-0.2, -0.15) is 0 Å². The summed E-state index contributed by atoms with van der Waals surface area (Å²) in [6, 6.07) is 3.22. The molecule has 304 valence electrons. The van der Waals surface area contributed by atoms with E-state index in [0.717, 1.165) is 0 Å². The van der Waals surface area contributed by atoms with Crippen LogP contribution in [0.3, 0.4) is 0 Å². The van der Waals surface area contributed by atoms with Crippen molar-refractivity contribution < 1.29 is 57.4 Å². The van der Waals surface area contributed by atoms with E-state index in [2.05, 4.69) is 4.98 Å². The molecule has 2 aliphatic heterocycles. The van der Waals surface area contributed by atoms with E-state index in [4.69, 9.17) is 37.9 Å². The average Bonchev–Trinajstić information content (AvgIpc) is 3.66. The molecule has 0 aliphatic carbocycles. The van der Waals surface area contributed by atoms with Crippen LogP contribution in [0.5, 0.6) is 11.5 Å². The molecule has 1 fully saturated rings. The monoisotopic (exact) mass is 771 g/mol. The molecule has 0 bridgehead atoms. The second-order valence-corrected chi connectivity index (χ2v) is 16.0. The van der Waals surface area contributed by atoms with Crippen LogP contribution in [0.15, 0.2) is 42.8 Å². The van der Waals surface area contributed by atoms with Crippen molar-refractivity contribution in [3.05, 3.63) is 59.7 Å². The van der Waals surface area contributed by atoms with E-state index in [1.165, 1.54) is 29.0 Å². The molecule has 1 aromatic heterocycles. The van der Waals surface area contributed by atoms with Crippen molar-refractivity contribution in [2.45, 2.75) is 124 Å². The first-order chi connectivity index (χ1) is 25.7. The van der Waals surface area contributed by atoms with Gasteiger partial charge in [0.1, 0.15) is 59.0 Å². The molecule has 2 aliphatic rings. The number of ether oxygens (including phenoxy) is 8. The summed E-state index contributed by atoms with van der Waals surface area (Å²) in [6.45, 7) is 17.5. The lowest BCUT2D eigenvalue weighted by Gasteiger charge is -2.27. The Labute approximate surface area is 323 Å². The molecule has 0 radical (unpaired) electrons. The molecule has 15 nitrogen and oxygen atoms in total. The minimum atomic E-state index is -0.951. The zero-order chi connectivity index (χ0) is 40.7. The van der Waals surface area contributed by atoms with E-state index in [0.29, 0.717) is 17.7 Å². The molecule has 1 saturated heterocycles. The van der Waals surface area contributed by atoms with Crippen molar-refractivity contribution in [3.63, 3.8) is 0 Å². The van der Waals surface area contributed by atoms with Gasteiger partial charge in [-0.05, 0) is 80.4 Å². The van der Waals surface area contributed by atoms with Gasteiger partial charge >= 0.3 is 18.2 Å². The molecule has 55 heavy (non-hydrogen) atoms. The molecule has 3 heterocycles. The van der Waals surface area contributed by atoms with Gasteiger partial charge in [0.2, 0.25) is 0 Å². The Morgan fingerprint density at radius 2 is 1.75 bits per heavy atom. The highest BCUT2D eigenvalue weighted by Gasteiger charge is 2.43. The van der Waals surface area contributed by atoms with Crippen molar-refractivity contribution >= 4 is 24.2 Å². The predicted molar refractivity (Wildman–Crippen MR) is 202 cm³/mol. The molecule has 0 spiro atoms. The Morgan fingerprint density at radius 1 is 1.04 bits per heavy atom. The fraction of sp³-hybridized carbons (Fsp3) is 0.600. The summed E-state index contributed by atoms with van der Waals surface area (Å²) >= 11 is 0. The molecule has 2 aromatic rings. The van der Waals surface area contributed by atoms with Crippen LogP contribution in [0.4, 0.5) is 9.59 Å². The third-order valence-corrected chi connectivity index (χ3v) is 8.43. The van der Waals surface area contributed by atoms with E-state index >= 15 is 0 Å². The van der Waals surface area contributed by atoms with Crippen LogP contribution in [-0.4, -0.2) is 106 Å². The number of rotatable bonds is 9. The highest BCUT2D eigenvalue weighted by molar-refractivity contribution is 5.97. The minimum Gasteiger partial charge on any atom is -0.492 e. The summed E-state index contributed by atoms with van der Waals surface area (Å²) < 4.78 is 47.8. The molecule has 1 amide bonds. The van der Waals surface area contributed by atoms with Crippen LogP contribution in [0.25, 0.3) is 6.08 Å². The third kappa shape index (κ3) is 12.5. The van der Waals surface area contributed by atoms with Gasteiger partial charge in [0, 0.05) is 31.5 Å². The smallest absolute Gasteiger partial charge is 0.420 e. The van der Waals surface area contributed by atoms with E-state index in [1.54, 1.807) is 92.7 Å². The number of aliphatic hydroxyl groups is 1. The van der Waals surface area contributed by atoms with Gasteiger partial charge in [0.05, 0.1) is 19.2 Å². The number of esters is 1. The van der Waals surface area contributed by atoms with Crippen LogP contribution in [-0.2, 0) is 35.0 Å². The first-order valence-corrected chi connectivity index (χ1v) is 18.4. The van der Waals surface area contributed by atoms with Crippen LogP contribution >= 0.6 is 0 Å².